The van der Waals surface area contributed by atoms with Crippen LogP contribution in [0.5, 0.6) is 0 Å². The molecule has 0 saturated carbocycles. The fraction of sp³-hybridized carbons (Fsp3) is 0.176. The van der Waals surface area contributed by atoms with Gasteiger partial charge in [0, 0.05) is 18.7 Å². The van der Waals surface area contributed by atoms with E-state index in [1.165, 1.54) is 12.1 Å². The minimum absolute atomic E-state index is 0.0357. The Hall–Kier alpha value is -3.15. The predicted octanol–water partition coefficient (Wildman–Crippen LogP) is -0.300. The molecule has 3 rings (SSSR count). The van der Waals surface area contributed by atoms with Crippen molar-refractivity contribution in [3.05, 3.63) is 59.7 Å². The van der Waals surface area contributed by atoms with Gasteiger partial charge in [-0.2, -0.15) is 5.21 Å². The van der Waals surface area contributed by atoms with Crippen molar-refractivity contribution in [2.45, 2.75) is 23.4 Å². The van der Waals surface area contributed by atoms with E-state index in [2.05, 4.69) is 25.9 Å². The minimum Gasteiger partial charge on any atom is -0.350 e. The van der Waals surface area contributed by atoms with Crippen LogP contribution in [0.15, 0.2) is 53.4 Å². The molecule has 1 unspecified atom stereocenters. The second-order valence-electron chi connectivity index (χ2n) is 5.97. The Kier molecular flexibility index (Phi) is 5.78. The third-order valence-corrected chi connectivity index (χ3v) is 5.89. The van der Waals surface area contributed by atoms with E-state index in [1.54, 1.807) is 36.4 Å². The third-order valence-electron chi connectivity index (χ3n) is 4.08. The summed E-state index contributed by atoms with van der Waals surface area (Å²) in [7, 11) is -4.02. The molecule has 0 aliphatic heterocycles. The lowest BCUT2D eigenvalue weighted by Crippen LogP contribution is -2.45. The van der Waals surface area contributed by atoms with Crippen molar-refractivity contribution in [2.24, 2.45) is 11.5 Å². The number of benzene rings is 2. The zero-order valence-corrected chi connectivity index (χ0v) is 15.6. The lowest BCUT2D eigenvalue weighted by Gasteiger charge is -2.14. The van der Waals surface area contributed by atoms with Crippen LogP contribution in [0, 0.1) is 0 Å². The van der Waals surface area contributed by atoms with Crippen molar-refractivity contribution < 1.29 is 13.2 Å². The van der Waals surface area contributed by atoms with Gasteiger partial charge in [-0.05, 0) is 34.5 Å². The van der Waals surface area contributed by atoms with E-state index in [9.17, 15) is 13.2 Å². The summed E-state index contributed by atoms with van der Waals surface area (Å²) in [6.07, 6.45) is 0. The van der Waals surface area contributed by atoms with Crippen LogP contribution in [-0.2, 0) is 27.7 Å². The number of H-pyrrole nitrogens is 1. The summed E-state index contributed by atoms with van der Waals surface area (Å²) < 4.78 is 25.1. The lowest BCUT2D eigenvalue weighted by atomic mass is 10.1. The molecule has 0 bridgehead atoms. The summed E-state index contributed by atoms with van der Waals surface area (Å²) in [5.74, 6) is -0.388. The summed E-state index contributed by atoms with van der Waals surface area (Å²) in [5.41, 5.74) is 13.4. The number of nitrogens with two attached hydrogens (primary N) is 2. The molecule has 28 heavy (non-hydrogen) atoms. The van der Waals surface area contributed by atoms with Crippen LogP contribution in [0.25, 0.3) is 11.4 Å². The molecular weight excluding hydrogens is 382 g/mol. The molecule has 0 aliphatic rings. The van der Waals surface area contributed by atoms with Crippen molar-refractivity contribution in [1.82, 2.24) is 25.9 Å². The highest BCUT2D eigenvalue weighted by atomic mass is 32.2. The highest BCUT2D eigenvalue weighted by Gasteiger charge is 2.30. The molecular formula is C17H19N7O3S. The topological polar surface area (TPSA) is 170 Å². The Morgan fingerprint density at radius 2 is 1.89 bits per heavy atom. The quantitative estimate of drug-likeness (QED) is 0.418. The smallest absolute Gasteiger partial charge is 0.253 e. The zero-order valence-electron chi connectivity index (χ0n) is 14.7. The first-order valence-corrected chi connectivity index (χ1v) is 9.85. The van der Waals surface area contributed by atoms with Crippen molar-refractivity contribution in [2.75, 3.05) is 0 Å². The summed E-state index contributed by atoms with van der Waals surface area (Å²) in [6, 6.07) is 13.0. The number of hydrogen-bond donors (Lipinski definition) is 4. The normalized spacial score (nSPS) is 12.5. The van der Waals surface area contributed by atoms with Crippen molar-refractivity contribution in [3.63, 3.8) is 0 Å². The maximum Gasteiger partial charge on any atom is 0.253 e. The van der Waals surface area contributed by atoms with Gasteiger partial charge >= 0.3 is 0 Å². The first-order chi connectivity index (χ1) is 13.4. The average molecular weight is 401 g/mol. The molecule has 10 nitrogen and oxygen atoms in total. The summed E-state index contributed by atoms with van der Waals surface area (Å²) in [5, 5.41) is 14.4. The monoisotopic (exact) mass is 401 g/mol. The first-order valence-electron chi connectivity index (χ1n) is 8.31. The number of hydrogen-bond acceptors (Lipinski definition) is 8. The number of carbonyl (C=O) groups is 1. The Balaban J connectivity index is 1.68. The van der Waals surface area contributed by atoms with Crippen LogP contribution in [0.3, 0.4) is 0 Å². The fourth-order valence-corrected chi connectivity index (χ4v) is 3.67. The summed E-state index contributed by atoms with van der Waals surface area (Å²) >= 11 is 0. The van der Waals surface area contributed by atoms with Crippen LogP contribution in [0.4, 0.5) is 0 Å². The van der Waals surface area contributed by atoms with Crippen LogP contribution in [0.2, 0.25) is 0 Å². The minimum atomic E-state index is -4.02. The van der Waals surface area contributed by atoms with Crippen LogP contribution in [0.1, 0.15) is 11.1 Å². The van der Waals surface area contributed by atoms with E-state index in [4.69, 9.17) is 11.5 Å². The van der Waals surface area contributed by atoms with Crippen molar-refractivity contribution >= 4 is 15.7 Å². The largest absolute Gasteiger partial charge is 0.350 e. The standard InChI is InChI=1S/C17H19N7O3S/c18-9-11-4-6-14(7-5-11)28(26,27)15(19)17(25)20-10-12-2-1-3-13(8-12)16-21-23-24-22-16/h1-8,15H,9-10,18-19H2,(H,20,25)(H,21,22,23,24). The molecule has 11 heteroatoms. The summed E-state index contributed by atoms with van der Waals surface area (Å²) in [4.78, 5) is 12.3. The molecule has 0 aliphatic carbocycles. The van der Waals surface area contributed by atoms with Gasteiger partial charge in [0.05, 0.1) is 4.90 Å². The number of tetrazole rings is 1. The molecule has 2 aromatic carbocycles. The van der Waals surface area contributed by atoms with Gasteiger partial charge in [-0.1, -0.05) is 30.3 Å². The molecule has 146 valence electrons. The molecule has 1 heterocycles. The summed E-state index contributed by atoms with van der Waals surface area (Å²) in [6.45, 7) is 0.385. The van der Waals surface area contributed by atoms with Gasteiger partial charge in [-0.25, -0.2) is 8.42 Å². The highest BCUT2D eigenvalue weighted by molar-refractivity contribution is 7.92. The Morgan fingerprint density at radius 3 is 2.54 bits per heavy atom. The van der Waals surface area contributed by atoms with Gasteiger partial charge < -0.3 is 16.8 Å². The lowest BCUT2D eigenvalue weighted by molar-refractivity contribution is -0.120. The Labute approximate surface area is 161 Å². The maximum atomic E-state index is 12.6. The van der Waals surface area contributed by atoms with Crippen LogP contribution >= 0.6 is 0 Å². The number of nitrogens with zero attached hydrogens (tertiary/aromatic N) is 3. The number of aromatic amines is 1. The fourth-order valence-electron chi connectivity index (χ4n) is 2.50. The molecule has 1 aromatic heterocycles. The predicted molar refractivity (Wildman–Crippen MR) is 101 cm³/mol. The number of carbonyl (C=O) groups excluding carboxylic acids is 1. The van der Waals surface area contributed by atoms with Gasteiger partial charge in [0.15, 0.2) is 5.37 Å². The molecule has 1 atom stereocenters. The maximum absolute atomic E-state index is 12.6. The average Bonchev–Trinajstić information content (AvgIpc) is 3.26. The molecule has 3 aromatic rings. The van der Waals surface area contributed by atoms with Gasteiger partial charge in [0.2, 0.25) is 15.7 Å². The number of rotatable bonds is 7. The van der Waals surface area contributed by atoms with Gasteiger partial charge in [0.25, 0.3) is 5.91 Å². The van der Waals surface area contributed by atoms with Gasteiger partial charge in [-0.3, -0.25) is 4.79 Å². The molecule has 0 saturated heterocycles. The number of amides is 1. The molecule has 6 N–H and O–H groups in total. The Bertz CT molecular complexity index is 1050. The van der Waals surface area contributed by atoms with E-state index >= 15 is 0 Å². The number of aromatic nitrogens is 4. The second kappa shape index (κ2) is 8.25. The van der Waals surface area contributed by atoms with Crippen molar-refractivity contribution in [1.29, 1.82) is 0 Å². The number of nitrogens with one attached hydrogen (secondary N) is 2. The third kappa shape index (κ3) is 4.22. The van der Waals surface area contributed by atoms with E-state index in [0.29, 0.717) is 11.4 Å². The van der Waals surface area contributed by atoms with Crippen LogP contribution < -0.4 is 16.8 Å². The first kappa shape index (κ1) is 19.6. The molecule has 1 amide bonds. The van der Waals surface area contributed by atoms with E-state index < -0.39 is 21.1 Å². The molecule has 0 spiro atoms. The van der Waals surface area contributed by atoms with Gasteiger partial charge in [0.1, 0.15) is 0 Å². The number of sulfone groups is 1. The van der Waals surface area contributed by atoms with E-state index in [-0.39, 0.29) is 18.0 Å². The molecule has 0 fully saturated rings. The second-order valence-corrected chi connectivity index (χ2v) is 8.04. The van der Waals surface area contributed by atoms with Crippen LogP contribution in [-0.4, -0.2) is 40.3 Å². The highest BCUT2D eigenvalue weighted by Crippen LogP contribution is 2.16. The SMILES string of the molecule is NCc1ccc(S(=O)(=O)C(N)C(=O)NCc2cccc(-c3nn[nH]n3)c2)cc1. The van der Waals surface area contributed by atoms with E-state index in [1.807, 2.05) is 0 Å². The zero-order chi connectivity index (χ0) is 20.1. The Morgan fingerprint density at radius 1 is 1.14 bits per heavy atom. The molecule has 0 radical (unpaired) electrons. The van der Waals surface area contributed by atoms with Crippen molar-refractivity contribution in [3.8, 4) is 11.4 Å². The van der Waals surface area contributed by atoms with E-state index in [0.717, 1.165) is 11.1 Å². The van der Waals surface area contributed by atoms with Gasteiger partial charge in [-0.15, -0.1) is 10.2 Å².